The van der Waals surface area contributed by atoms with Crippen LogP contribution < -0.4 is 10.2 Å². The van der Waals surface area contributed by atoms with Gasteiger partial charge in [-0.05, 0) is 30.4 Å². The van der Waals surface area contributed by atoms with E-state index in [1.54, 1.807) is 30.7 Å². The summed E-state index contributed by atoms with van der Waals surface area (Å²) >= 11 is 17.4. The van der Waals surface area contributed by atoms with E-state index in [0.29, 0.717) is 15.2 Å². The number of hydrogen-bond donors (Lipinski definition) is 1. The molecule has 0 bridgehead atoms. The standard InChI is InChI=1S/C15H15Cl2N5S/c16-12-2-1-11(9-13(12)17)20-15(23)22-7-5-21(6-8-22)14-10-18-3-4-19-14/h1-4,9-10H,5-8H2,(H,20,23). The molecule has 2 heterocycles. The molecule has 1 aromatic carbocycles. The van der Waals surface area contributed by atoms with Gasteiger partial charge in [0.05, 0.1) is 16.2 Å². The van der Waals surface area contributed by atoms with Crippen molar-refractivity contribution < 1.29 is 0 Å². The van der Waals surface area contributed by atoms with Crippen LogP contribution in [0.3, 0.4) is 0 Å². The summed E-state index contributed by atoms with van der Waals surface area (Å²) in [6, 6.07) is 5.38. The number of thiocarbonyl (C=S) groups is 1. The van der Waals surface area contributed by atoms with Crippen LogP contribution in [0, 0.1) is 0 Å². The highest BCUT2D eigenvalue weighted by molar-refractivity contribution is 7.80. The molecule has 0 saturated carbocycles. The van der Waals surface area contributed by atoms with Crippen LogP contribution in [0.25, 0.3) is 0 Å². The number of anilines is 2. The average molecular weight is 368 g/mol. The molecule has 0 aliphatic carbocycles. The molecule has 23 heavy (non-hydrogen) atoms. The number of piperazine rings is 1. The molecule has 1 N–H and O–H groups in total. The van der Waals surface area contributed by atoms with Gasteiger partial charge in [0.2, 0.25) is 0 Å². The molecule has 1 fully saturated rings. The van der Waals surface area contributed by atoms with E-state index >= 15 is 0 Å². The van der Waals surface area contributed by atoms with Crippen LogP contribution in [0.1, 0.15) is 0 Å². The van der Waals surface area contributed by atoms with Crippen molar-refractivity contribution in [1.82, 2.24) is 14.9 Å². The lowest BCUT2D eigenvalue weighted by molar-refractivity contribution is 0.389. The normalized spacial score (nSPS) is 14.7. The lowest BCUT2D eigenvalue weighted by Gasteiger charge is -2.36. The Bertz CT molecular complexity index is 690. The molecule has 0 spiro atoms. The zero-order valence-corrected chi connectivity index (χ0v) is 14.6. The minimum atomic E-state index is 0.506. The Hall–Kier alpha value is -1.63. The summed E-state index contributed by atoms with van der Waals surface area (Å²) in [6.07, 6.45) is 5.16. The number of halogens is 2. The zero-order chi connectivity index (χ0) is 16.2. The molecule has 0 amide bonds. The second kappa shape index (κ2) is 7.29. The molecule has 0 unspecified atom stereocenters. The number of aromatic nitrogens is 2. The molecular formula is C15H15Cl2N5S. The third-order valence-electron chi connectivity index (χ3n) is 3.61. The molecule has 1 aromatic heterocycles. The first-order valence-corrected chi connectivity index (χ1v) is 8.32. The molecule has 5 nitrogen and oxygen atoms in total. The summed E-state index contributed by atoms with van der Waals surface area (Å²) in [7, 11) is 0. The fourth-order valence-corrected chi connectivity index (χ4v) is 2.97. The first-order chi connectivity index (χ1) is 11.1. The minimum Gasteiger partial charge on any atom is -0.352 e. The number of benzene rings is 1. The van der Waals surface area contributed by atoms with Gasteiger partial charge in [-0.15, -0.1) is 0 Å². The van der Waals surface area contributed by atoms with Gasteiger partial charge in [0.15, 0.2) is 5.11 Å². The lowest BCUT2D eigenvalue weighted by Crippen LogP contribution is -2.50. The van der Waals surface area contributed by atoms with Crippen molar-refractivity contribution in [3.8, 4) is 0 Å². The van der Waals surface area contributed by atoms with E-state index in [4.69, 9.17) is 35.4 Å². The minimum absolute atomic E-state index is 0.506. The lowest BCUT2D eigenvalue weighted by atomic mass is 10.3. The van der Waals surface area contributed by atoms with E-state index in [2.05, 4.69) is 25.1 Å². The van der Waals surface area contributed by atoms with E-state index in [9.17, 15) is 0 Å². The maximum absolute atomic E-state index is 6.02. The van der Waals surface area contributed by atoms with Crippen LogP contribution in [-0.2, 0) is 0 Å². The van der Waals surface area contributed by atoms with Crippen LogP contribution in [0.5, 0.6) is 0 Å². The van der Waals surface area contributed by atoms with E-state index < -0.39 is 0 Å². The van der Waals surface area contributed by atoms with Crippen molar-refractivity contribution >= 4 is 52.0 Å². The predicted octanol–water partition coefficient (Wildman–Crippen LogP) is 3.30. The molecule has 0 radical (unpaired) electrons. The highest BCUT2D eigenvalue weighted by atomic mass is 35.5. The quantitative estimate of drug-likeness (QED) is 0.821. The molecule has 2 aromatic rings. The summed E-state index contributed by atoms with van der Waals surface area (Å²) in [6.45, 7) is 3.34. The van der Waals surface area contributed by atoms with Crippen LogP contribution in [0.15, 0.2) is 36.8 Å². The fraction of sp³-hybridized carbons (Fsp3) is 0.267. The first kappa shape index (κ1) is 16.2. The summed E-state index contributed by atoms with van der Waals surface area (Å²) < 4.78 is 0. The second-order valence-electron chi connectivity index (χ2n) is 5.10. The molecule has 120 valence electrons. The molecule has 1 aliphatic rings. The van der Waals surface area contributed by atoms with Gasteiger partial charge in [0.25, 0.3) is 0 Å². The Labute approximate surface area is 150 Å². The number of nitrogens with zero attached hydrogens (tertiary/aromatic N) is 4. The molecule has 0 atom stereocenters. The summed E-state index contributed by atoms with van der Waals surface area (Å²) in [5.41, 5.74) is 0.834. The van der Waals surface area contributed by atoms with E-state index in [1.165, 1.54) is 0 Å². The van der Waals surface area contributed by atoms with Crippen LogP contribution >= 0.6 is 35.4 Å². The second-order valence-corrected chi connectivity index (χ2v) is 6.30. The Kier molecular flexibility index (Phi) is 5.15. The number of nitrogens with one attached hydrogen (secondary N) is 1. The van der Waals surface area contributed by atoms with Crippen LogP contribution in [-0.4, -0.2) is 46.2 Å². The van der Waals surface area contributed by atoms with Gasteiger partial charge < -0.3 is 15.1 Å². The average Bonchev–Trinajstić information content (AvgIpc) is 2.59. The number of hydrogen-bond acceptors (Lipinski definition) is 4. The molecule has 8 heteroatoms. The van der Waals surface area contributed by atoms with Crippen molar-refractivity contribution in [3.05, 3.63) is 46.8 Å². The smallest absolute Gasteiger partial charge is 0.173 e. The van der Waals surface area contributed by atoms with E-state index in [0.717, 1.165) is 37.7 Å². The largest absolute Gasteiger partial charge is 0.352 e. The molecule has 1 aliphatic heterocycles. The molecule has 3 rings (SSSR count). The van der Waals surface area contributed by atoms with Gasteiger partial charge in [-0.3, -0.25) is 4.98 Å². The maximum Gasteiger partial charge on any atom is 0.173 e. The molecular weight excluding hydrogens is 353 g/mol. The van der Waals surface area contributed by atoms with Crippen molar-refractivity contribution in [2.75, 3.05) is 36.4 Å². The summed E-state index contributed by atoms with van der Waals surface area (Å²) in [5, 5.41) is 4.92. The maximum atomic E-state index is 6.02. The van der Waals surface area contributed by atoms with Gasteiger partial charge in [-0.1, -0.05) is 23.2 Å². The predicted molar refractivity (Wildman–Crippen MR) is 98.5 cm³/mol. The van der Waals surface area contributed by atoms with Gasteiger partial charge in [-0.25, -0.2) is 4.98 Å². The van der Waals surface area contributed by atoms with Crippen molar-refractivity contribution in [2.24, 2.45) is 0 Å². The van der Waals surface area contributed by atoms with Crippen molar-refractivity contribution in [1.29, 1.82) is 0 Å². The summed E-state index contributed by atoms with van der Waals surface area (Å²) in [4.78, 5) is 12.8. The summed E-state index contributed by atoms with van der Waals surface area (Å²) in [5.74, 6) is 0.899. The zero-order valence-electron chi connectivity index (χ0n) is 12.2. The fourth-order valence-electron chi connectivity index (χ4n) is 2.37. The highest BCUT2D eigenvalue weighted by Crippen LogP contribution is 2.25. The highest BCUT2D eigenvalue weighted by Gasteiger charge is 2.20. The Balaban J connectivity index is 1.57. The van der Waals surface area contributed by atoms with E-state index in [-0.39, 0.29) is 0 Å². The van der Waals surface area contributed by atoms with Gasteiger partial charge in [0, 0.05) is 44.3 Å². The van der Waals surface area contributed by atoms with Gasteiger partial charge in [0.1, 0.15) is 5.82 Å². The first-order valence-electron chi connectivity index (χ1n) is 7.15. The monoisotopic (exact) mass is 367 g/mol. The topological polar surface area (TPSA) is 44.3 Å². The van der Waals surface area contributed by atoms with Gasteiger partial charge in [-0.2, -0.15) is 0 Å². The third-order valence-corrected chi connectivity index (χ3v) is 4.71. The van der Waals surface area contributed by atoms with Crippen LogP contribution in [0.2, 0.25) is 10.0 Å². The molecule has 1 saturated heterocycles. The van der Waals surface area contributed by atoms with E-state index in [1.807, 2.05) is 6.07 Å². The Morgan fingerprint density at radius 2 is 1.87 bits per heavy atom. The van der Waals surface area contributed by atoms with Crippen LogP contribution in [0.4, 0.5) is 11.5 Å². The Morgan fingerprint density at radius 3 is 2.52 bits per heavy atom. The van der Waals surface area contributed by atoms with Gasteiger partial charge >= 0.3 is 0 Å². The SMILES string of the molecule is S=C(Nc1ccc(Cl)c(Cl)c1)N1CCN(c2cnccn2)CC1. The number of rotatable bonds is 2. The van der Waals surface area contributed by atoms with Crippen molar-refractivity contribution in [2.45, 2.75) is 0 Å². The third kappa shape index (κ3) is 4.02. The Morgan fingerprint density at radius 1 is 1.09 bits per heavy atom. The van der Waals surface area contributed by atoms with Crippen molar-refractivity contribution in [3.63, 3.8) is 0 Å².